The summed E-state index contributed by atoms with van der Waals surface area (Å²) in [4.78, 5) is 14.1. The zero-order valence-corrected chi connectivity index (χ0v) is 12.5. The highest BCUT2D eigenvalue weighted by molar-refractivity contribution is 6.31. The summed E-state index contributed by atoms with van der Waals surface area (Å²) in [6, 6.07) is 5.23. The van der Waals surface area contributed by atoms with Crippen molar-refractivity contribution in [3.05, 3.63) is 46.7 Å². The van der Waals surface area contributed by atoms with Crippen LogP contribution in [0.3, 0.4) is 0 Å². The van der Waals surface area contributed by atoms with E-state index in [0.717, 1.165) is 11.3 Å². The fraction of sp³-hybridized carbons (Fsp3) is 0.286. The molecule has 0 unspecified atom stereocenters. The summed E-state index contributed by atoms with van der Waals surface area (Å²) < 4.78 is 1.71. The molecule has 2 rings (SSSR count). The molecule has 1 aromatic carbocycles. The number of nitrogens with one attached hydrogen (secondary N) is 1. The van der Waals surface area contributed by atoms with Gasteiger partial charge in [0, 0.05) is 50.2 Å². The molecule has 0 fully saturated rings. The maximum atomic E-state index is 12.5. The van der Waals surface area contributed by atoms with E-state index in [1.54, 1.807) is 48.1 Å². The van der Waals surface area contributed by atoms with Crippen molar-refractivity contribution in [3.63, 3.8) is 0 Å². The maximum absolute atomic E-state index is 12.5. The summed E-state index contributed by atoms with van der Waals surface area (Å²) in [5, 5.41) is 7.64. The first-order chi connectivity index (χ1) is 9.51. The van der Waals surface area contributed by atoms with Gasteiger partial charge >= 0.3 is 0 Å². The van der Waals surface area contributed by atoms with Crippen LogP contribution in [0.4, 0.5) is 5.69 Å². The third kappa shape index (κ3) is 3.11. The second-order valence-electron chi connectivity index (χ2n) is 4.62. The largest absolute Gasteiger partial charge is 0.387 e. The van der Waals surface area contributed by atoms with E-state index in [-0.39, 0.29) is 5.91 Å². The molecule has 1 amide bonds. The van der Waals surface area contributed by atoms with E-state index in [0.29, 0.717) is 17.1 Å². The second-order valence-corrected chi connectivity index (χ2v) is 5.06. The smallest absolute Gasteiger partial charge is 0.256 e. The fourth-order valence-corrected chi connectivity index (χ4v) is 2.19. The number of anilines is 1. The van der Waals surface area contributed by atoms with Crippen molar-refractivity contribution >= 4 is 23.2 Å². The summed E-state index contributed by atoms with van der Waals surface area (Å²) >= 11 is 5.97. The number of carbonyl (C=O) groups excluding carboxylic acids is 1. The number of hydrogen-bond donors (Lipinski definition) is 1. The van der Waals surface area contributed by atoms with Crippen molar-refractivity contribution < 1.29 is 4.79 Å². The van der Waals surface area contributed by atoms with Crippen LogP contribution in [-0.2, 0) is 13.6 Å². The minimum Gasteiger partial charge on any atom is -0.387 e. The Morgan fingerprint density at radius 2 is 2.25 bits per heavy atom. The van der Waals surface area contributed by atoms with Gasteiger partial charge in [0.05, 0.1) is 11.8 Å². The zero-order chi connectivity index (χ0) is 14.7. The van der Waals surface area contributed by atoms with E-state index in [2.05, 4.69) is 10.4 Å². The van der Waals surface area contributed by atoms with Gasteiger partial charge in [-0.05, 0) is 18.2 Å². The first kappa shape index (κ1) is 14.4. The summed E-state index contributed by atoms with van der Waals surface area (Å²) in [5.41, 5.74) is 2.31. The van der Waals surface area contributed by atoms with Gasteiger partial charge < -0.3 is 10.2 Å². The van der Waals surface area contributed by atoms with Crippen LogP contribution in [0.25, 0.3) is 0 Å². The van der Waals surface area contributed by atoms with Gasteiger partial charge in [0.15, 0.2) is 0 Å². The predicted molar refractivity (Wildman–Crippen MR) is 80.0 cm³/mol. The molecule has 20 heavy (non-hydrogen) atoms. The predicted octanol–water partition coefficient (Wildman–Crippen LogP) is 2.39. The number of aryl methyl sites for hydroxylation is 1. The SMILES string of the molecule is CNc1ccc(Cl)cc1C(=O)N(C)Cc1cnn(C)c1. The van der Waals surface area contributed by atoms with Crippen molar-refractivity contribution in [2.24, 2.45) is 7.05 Å². The number of nitrogens with zero attached hydrogens (tertiary/aromatic N) is 3. The topological polar surface area (TPSA) is 50.2 Å². The molecule has 0 saturated heterocycles. The zero-order valence-electron chi connectivity index (χ0n) is 11.7. The van der Waals surface area contributed by atoms with Gasteiger partial charge in [-0.2, -0.15) is 5.10 Å². The van der Waals surface area contributed by atoms with Crippen LogP contribution in [0.1, 0.15) is 15.9 Å². The molecule has 0 aliphatic heterocycles. The number of hydrogen-bond acceptors (Lipinski definition) is 3. The van der Waals surface area contributed by atoms with Crippen LogP contribution in [0, 0.1) is 0 Å². The van der Waals surface area contributed by atoms with E-state index >= 15 is 0 Å². The first-order valence-corrected chi connectivity index (χ1v) is 6.59. The molecule has 5 nitrogen and oxygen atoms in total. The van der Waals surface area contributed by atoms with Crippen LogP contribution in [-0.4, -0.2) is 34.7 Å². The summed E-state index contributed by atoms with van der Waals surface area (Å²) in [7, 11) is 5.39. The molecular weight excluding hydrogens is 276 g/mol. The lowest BCUT2D eigenvalue weighted by molar-refractivity contribution is 0.0786. The Hall–Kier alpha value is -2.01. The molecule has 0 spiro atoms. The normalized spacial score (nSPS) is 10.4. The standard InChI is InChI=1S/C14H17ClN4O/c1-16-13-5-4-11(15)6-12(13)14(20)18(2)8-10-7-17-19(3)9-10/h4-7,9,16H,8H2,1-3H3. The fourth-order valence-electron chi connectivity index (χ4n) is 2.02. The molecule has 0 saturated carbocycles. The minimum atomic E-state index is -0.0827. The summed E-state index contributed by atoms with van der Waals surface area (Å²) in [6.07, 6.45) is 3.64. The second kappa shape index (κ2) is 5.96. The van der Waals surface area contributed by atoms with Crippen molar-refractivity contribution in [1.29, 1.82) is 0 Å². The van der Waals surface area contributed by atoms with E-state index in [1.165, 1.54) is 0 Å². The van der Waals surface area contributed by atoms with Gasteiger partial charge in [-0.15, -0.1) is 0 Å². The summed E-state index contributed by atoms with van der Waals surface area (Å²) in [5.74, 6) is -0.0827. The lowest BCUT2D eigenvalue weighted by atomic mass is 10.1. The highest BCUT2D eigenvalue weighted by atomic mass is 35.5. The molecule has 6 heteroatoms. The van der Waals surface area contributed by atoms with Gasteiger partial charge in [0.25, 0.3) is 5.91 Å². The van der Waals surface area contributed by atoms with Crippen LogP contribution in [0.2, 0.25) is 5.02 Å². The van der Waals surface area contributed by atoms with Crippen molar-refractivity contribution in [2.45, 2.75) is 6.54 Å². The van der Waals surface area contributed by atoms with Crippen LogP contribution < -0.4 is 5.32 Å². The van der Waals surface area contributed by atoms with Crippen molar-refractivity contribution in [3.8, 4) is 0 Å². The summed E-state index contributed by atoms with van der Waals surface area (Å²) in [6.45, 7) is 0.502. The number of benzene rings is 1. The third-order valence-corrected chi connectivity index (χ3v) is 3.24. The van der Waals surface area contributed by atoms with Gasteiger partial charge in [-0.1, -0.05) is 11.6 Å². The molecule has 0 aliphatic carbocycles. The Kier molecular flexibility index (Phi) is 4.29. The average Bonchev–Trinajstić information content (AvgIpc) is 2.83. The number of rotatable bonds is 4. The monoisotopic (exact) mass is 292 g/mol. The Morgan fingerprint density at radius 1 is 1.50 bits per heavy atom. The molecule has 1 heterocycles. The van der Waals surface area contributed by atoms with Gasteiger partial charge in [-0.25, -0.2) is 0 Å². The van der Waals surface area contributed by atoms with E-state index < -0.39 is 0 Å². The maximum Gasteiger partial charge on any atom is 0.256 e. The molecule has 0 radical (unpaired) electrons. The molecule has 0 atom stereocenters. The Labute approximate surface area is 123 Å². The highest BCUT2D eigenvalue weighted by Gasteiger charge is 2.16. The molecule has 2 aromatic rings. The first-order valence-electron chi connectivity index (χ1n) is 6.21. The number of carbonyl (C=O) groups is 1. The van der Waals surface area contributed by atoms with Crippen LogP contribution >= 0.6 is 11.6 Å². The highest BCUT2D eigenvalue weighted by Crippen LogP contribution is 2.22. The molecule has 0 aliphatic rings. The molecule has 106 valence electrons. The third-order valence-electron chi connectivity index (χ3n) is 3.01. The Morgan fingerprint density at radius 3 is 2.85 bits per heavy atom. The van der Waals surface area contributed by atoms with Crippen molar-refractivity contribution in [1.82, 2.24) is 14.7 Å². The lowest BCUT2D eigenvalue weighted by Crippen LogP contribution is -2.26. The van der Waals surface area contributed by atoms with Gasteiger partial charge in [0.1, 0.15) is 0 Å². The lowest BCUT2D eigenvalue weighted by Gasteiger charge is -2.18. The van der Waals surface area contributed by atoms with Crippen molar-refractivity contribution in [2.75, 3.05) is 19.4 Å². The molecular formula is C14H17ClN4O. The number of halogens is 1. The Balaban J connectivity index is 2.20. The van der Waals surface area contributed by atoms with Crippen LogP contribution in [0.15, 0.2) is 30.6 Å². The van der Waals surface area contributed by atoms with E-state index in [9.17, 15) is 4.79 Å². The number of aromatic nitrogens is 2. The van der Waals surface area contributed by atoms with E-state index in [1.807, 2.05) is 13.2 Å². The number of amides is 1. The molecule has 0 bridgehead atoms. The average molecular weight is 293 g/mol. The van der Waals surface area contributed by atoms with E-state index in [4.69, 9.17) is 11.6 Å². The molecule has 1 aromatic heterocycles. The minimum absolute atomic E-state index is 0.0827. The van der Waals surface area contributed by atoms with Gasteiger partial charge in [-0.3, -0.25) is 9.48 Å². The quantitative estimate of drug-likeness (QED) is 0.941. The van der Waals surface area contributed by atoms with Crippen LogP contribution in [0.5, 0.6) is 0 Å². The molecule has 1 N–H and O–H groups in total. The Bertz CT molecular complexity index is 623. The van der Waals surface area contributed by atoms with Gasteiger partial charge in [0.2, 0.25) is 0 Å².